The van der Waals surface area contributed by atoms with E-state index in [0.717, 1.165) is 0 Å². The van der Waals surface area contributed by atoms with Crippen LogP contribution in [-0.2, 0) is 14.3 Å². The van der Waals surface area contributed by atoms with Crippen molar-refractivity contribution in [1.29, 1.82) is 5.26 Å². The smallest absolute Gasteiger partial charge is 0.380 e. The molecule has 0 aromatic heterocycles. The molecule has 0 saturated heterocycles. The number of ether oxygens (including phenoxy) is 1. The van der Waals surface area contributed by atoms with Crippen molar-refractivity contribution in [1.82, 2.24) is 0 Å². The van der Waals surface area contributed by atoms with Crippen molar-refractivity contribution in [2.45, 2.75) is 6.92 Å². The van der Waals surface area contributed by atoms with E-state index in [1.807, 2.05) is 0 Å². The fourth-order valence-electron chi connectivity index (χ4n) is 1.18. The Balaban J connectivity index is 2.97. The number of rotatable bonds is 4. The molecule has 0 aliphatic carbocycles. The number of nitrogens with zero attached hydrogens (tertiary/aromatic N) is 1. The third kappa shape index (κ3) is 3.72. The van der Waals surface area contributed by atoms with Gasteiger partial charge in [0.1, 0.15) is 11.6 Å². The highest BCUT2D eigenvalue weighted by molar-refractivity contribution is 6.42. The maximum atomic E-state index is 11.5. The van der Waals surface area contributed by atoms with Gasteiger partial charge >= 0.3 is 5.97 Å². The molecule has 0 radical (unpaired) electrons. The Bertz CT molecular complexity index is 526. The lowest BCUT2D eigenvalue weighted by molar-refractivity contribution is -0.151. The fourth-order valence-corrected chi connectivity index (χ4v) is 1.31. The molecular formula is C13H10ClNO3. The summed E-state index contributed by atoms with van der Waals surface area (Å²) in [5.74, 6) is -1.98. The van der Waals surface area contributed by atoms with Crippen molar-refractivity contribution in [3.8, 4) is 6.07 Å². The molecule has 0 heterocycles. The molecule has 0 saturated carbocycles. The highest BCUT2D eigenvalue weighted by Crippen LogP contribution is 2.13. The minimum atomic E-state index is -1.03. The van der Waals surface area contributed by atoms with Gasteiger partial charge in [0, 0.05) is 5.02 Å². The summed E-state index contributed by atoms with van der Waals surface area (Å²) in [5, 5.41) is 9.40. The molecular weight excluding hydrogens is 254 g/mol. The van der Waals surface area contributed by atoms with Crippen LogP contribution in [0, 0.1) is 11.3 Å². The summed E-state index contributed by atoms with van der Waals surface area (Å²) in [6.45, 7) is 1.67. The first-order valence-corrected chi connectivity index (χ1v) is 5.55. The van der Waals surface area contributed by atoms with E-state index < -0.39 is 11.8 Å². The van der Waals surface area contributed by atoms with Gasteiger partial charge in [0.05, 0.1) is 6.61 Å². The van der Waals surface area contributed by atoms with Crippen LogP contribution in [0.1, 0.15) is 12.5 Å². The Labute approximate surface area is 109 Å². The van der Waals surface area contributed by atoms with Gasteiger partial charge < -0.3 is 4.74 Å². The van der Waals surface area contributed by atoms with E-state index >= 15 is 0 Å². The number of esters is 1. The zero-order valence-electron chi connectivity index (χ0n) is 9.64. The molecule has 0 spiro atoms. The summed E-state index contributed by atoms with van der Waals surface area (Å²) in [5.41, 5.74) is 0.337. The van der Waals surface area contributed by atoms with Gasteiger partial charge in [-0.25, -0.2) is 4.79 Å². The predicted molar refractivity (Wildman–Crippen MR) is 66.7 cm³/mol. The number of benzene rings is 1. The average molecular weight is 264 g/mol. The average Bonchev–Trinajstić information content (AvgIpc) is 2.37. The Hall–Kier alpha value is -2.12. The number of carbonyl (C=O) groups is 2. The quantitative estimate of drug-likeness (QED) is 0.362. The molecule has 4 nitrogen and oxygen atoms in total. The molecule has 0 unspecified atom stereocenters. The highest BCUT2D eigenvalue weighted by Gasteiger charge is 2.19. The van der Waals surface area contributed by atoms with Crippen LogP contribution < -0.4 is 0 Å². The van der Waals surface area contributed by atoms with Gasteiger partial charge in [0.25, 0.3) is 5.78 Å². The number of nitriles is 1. The van der Waals surface area contributed by atoms with Crippen LogP contribution in [0.2, 0.25) is 5.02 Å². The molecule has 0 aliphatic rings. The van der Waals surface area contributed by atoms with E-state index in [4.69, 9.17) is 16.9 Å². The number of ketones is 1. The van der Waals surface area contributed by atoms with Crippen LogP contribution in [0.5, 0.6) is 0 Å². The fraction of sp³-hybridized carbons (Fsp3) is 0.154. The maximum Gasteiger partial charge on any atom is 0.380 e. The van der Waals surface area contributed by atoms with Crippen molar-refractivity contribution in [3.63, 3.8) is 0 Å². The lowest BCUT2D eigenvalue weighted by atomic mass is 10.1. The zero-order chi connectivity index (χ0) is 13.5. The number of Topliss-reactive ketones (excluding diaryl/α,β-unsaturated/α-hetero) is 1. The lowest BCUT2D eigenvalue weighted by Gasteiger charge is -1.99. The SMILES string of the molecule is CCOC(=O)C(=O)/C(C#N)=C/c1ccc(Cl)cc1. The standard InChI is InChI=1S/C13H10ClNO3/c1-2-18-13(17)12(16)10(8-15)7-9-3-5-11(14)6-4-9/h3-7H,2H2,1H3/b10-7+. The Morgan fingerprint density at radius 3 is 2.50 bits per heavy atom. The minimum Gasteiger partial charge on any atom is -0.460 e. The van der Waals surface area contributed by atoms with Gasteiger partial charge in [-0.15, -0.1) is 0 Å². The Kier molecular flexibility index (Phi) is 5.09. The van der Waals surface area contributed by atoms with E-state index in [-0.39, 0.29) is 12.2 Å². The number of carbonyl (C=O) groups excluding carboxylic acids is 2. The van der Waals surface area contributed by atoms with Crippen LogP contribution in [0.25, 0.3) is 6.08 Å². The first-order valence-electron chi connectivity index (χ1n) is 5.17. The van der Waals surface area contributed by atoms with Crippen molar-refractivity contribution >= 4 is 29.4 Å². The van der Waals surface area contributed by atoms with Gasteiger partial charge in [-0.3, -0.25) is 4.79 Å². The minimum absolute atomic E-state index is 0.0875. The van der Waals surface area contributed by atoms with Gasteiger partial charge in [-0.2, -0.15) is 5.26 Å². The summed E-state index contributed by atoms with van der Waals surface area (Å²) in [7, 11) is 0. The van der Waals surface area contributed by atoms with Crippen LogP contribution >= 0.6 is 11.6 Å². The highest BCUT2D eigenvalue weighted by atomic mass is 35.5. The Morgan fingerprint density at radius 2 is 2.00 bits per heavy atom. The van der Waals surface area contributed by atoms with Gasteiger partial charge in [-0.1, -0.05) is 23.7 Å². The molecule has 92 valence electrons. The molecule has 5 heteroatoms. The second kappa shape index (κ2) is 6.58. The molecule has 1 aromatic rings. The predicted octanol–water partition coefficient (Wildman–Crippen LogP) is 2.38. The van der Waals surface area contributed by atoms with E-state index in [1.165, 1.54) is 6.08 Å². The molecule has 0 atom stereocenters. The summed E-state index contributed by atoms with van der Waals surface area (Å²) >= 11 is 5.71. The van der Waals surface area contributed by atoms with Crippen molar-refractivity contribution in [2.24, 2.45) is 0 Å². The van der Waals surface area contributed by atoms with Crippen LogP contribution in [0.3, 0.4) is 0 Å². The van der Waals surface area contributed by atoms with Crippen molar-refractivity contribution in [3.05, 3.63) is 40.4 Å². The monoisotopic (exact) mass is 263 g/mol. The number of hydrogen-bond acceptors (Lipinski definition) is 4. The second-order valence-corrected chi connectivity index (χ2v) is 3.71. The number of hydrogen-bond donors (Lipinski definition) is 0. The zero-order valence-corrected chi connectivity index (χ0v) is 10.4. The molecule has 1 aromatic carbocycles. The van der Waals surface area contributed by atoms with E-state index in [2.05, 4.69) is 4.74 Å². The van der Waals surface area contributed by atoms with Gasteiger partial charge in [-0.05, 0) is 30.7 Å². The largest absolute Gasteiger partial charge is 0.460 e. The maximum absolute atomic E-state index is 11.5. The third-order valence-corrected chi connectivity index (χ3v) is 2.26. The topological polar surface area (TPSA) is 67.2 Å². The number of halogens is 1. The summed E-state index contributed by atoms with van der Waals surface area (Å²) < 4.78 is 4.54. The van der Waals surface area contributed by atoms with E-state index in [1.54, 1.807) is 37.3 Å². The summed E-state index contributed by atoms with van der Waals surface area (Å²) in [6.07, 6.45) is 1.32. The summed E-state index contributed by atoms with van der Waals surface area (Å²) in [6, 6.07) is 8.20. The Morgan fingerprint density at radius 1 is 1.39 bits per heavy atom. The van der Waals surface area contributed by atoms with Gasteiger partial charge in [0.15, 0.2) is 0 Å². The van der Waals surface area contributed by atoms with E-state index in [0.29, 0.717) is 10.6 Å². The van der Waals surface area contributed by atoms with Crippen LogP contribution in [-0.4, -0.2) is 18.4 Å². The molecule has 0 aliphatic heterocycles. The third-order valence-electron chi connectivity index (χ3n) is 2.01. The first kappa shape index (κ1) is 13.9. The van der Waals surface area contributed by atoms with Gasteiger partial charge in [0.2, 0.25) is 0 Å². The lowest BCUT2D eigenvalue weighted by Crippen LogP contribution is -2.18. The molecule has 0 N–H and O–H groups in total. The molecule has 0 bridgehead atoms. The normalized spacial score (nSPS) is 10.6. The second-order valence-electron chi connectivity index (χ2n) is 3.27. The summed E-state index contributed by atoms with van der Waals surface area (Å²) in [4.78, 5) is 22.7. The molecule has 1 rings (SSSR count). The van der Waals surface area contributed by atoms with Crippen LogP contribution in [0.15, 0.2) is 29.8 Å². The van der Waals surface area contributed by atoms with Crippen molar-refractivity contribution in [2.75, 3.05) is 6.61 Å². The van der Waals surface area contributed by atoms with Crippen LogP contribution in [0.4, 0.5) is 0 Å². The molecule has 18 heavy (non-hydrogen) atoms. The molecule has 0 fully saturated rings. The first-order chi connectivity index (χ1) is 8.58. The molecule has 0 amide bonds. The van der Waals surface area contributed by atoms with Crippen molar-refractivity contribution < 1.29 is 14.3 Å². The van der Waals surface area contributed by atoms with E-state index in [9.17, 15) is 9.59 Å².